The van der Waals surface area contributed by atoms with E-state index in [1.54, 1.807) is 0 Å². The van der Waals surface area contributed by atoms with Crippen LogP contribution in [-0.2, 0) is 17.6 Å². The van der Waals surface area contributed by atoms with Crippen molar-refractivity contribution in [2.75, 3.05) is 13.2 Å². The predicted octanol–water partition coefficient (Wildman–Crippen LogP) is 5.42. The average molecular weight is 306 g/mol. The number of rotatable bonds is 10. The molecule has 0 bridgehead atoms. The molecule has 0 radical (unpaired) electrons. The smallest absolute Gasteiger partial charge is 0.119 e. The molecular formula is C20H34O2. The highest BCUT2D eigenvalue weighted by molar-refractivity contribution is 5.34. The molecule has 22 heavy (non-hydrogen) atoms. The van der Waals surface area contributed by atoms with E-state index < -0.39 is 0 Å². The molecule has 0 amide bonds. The fourth-order valence-corrected chi connectivity index (χ4v) is 2.28. The summed E-state index contributed by atoms with van der Waals surface area (Å²) in [5.74, 6) is 1.69. The number of hydrogen-bond acceptors (Lipinski definition) is 2. The highest BCUT2D eigenvalue weighted by Gasteiger charge is 2.18. The molecule has 0 saturated heterocycles. The van der Waals surface area contributed by atoms with Gasteiger partial charge in [0.15, 0.2) is 0 Å². The molecule has 1 aromatic carbocycles. The van der Waals surface area contributed by atoms with Crippen LogP contribution in [-0.4, -0.2) is 18.8 Å². The maximum Gasteiger partial charge on any atom is 0.119 e. The van der Waals surface area contributed by atoms with Gasteiger partial charge in [0.05, 0.1) is 12.2 Å². The molecule has 126 valence electrons. The Kier molecular flexibility index (Phi) is 7.95. The van der Waals surface area contributed by atoms with Crippen LogP contribution < -0.4 is 4.74 Å². The number of benzene rings is 1. The Bertz CT molecular complexity index is 413. The Balaban J connectivity index is 2.45. The van der Waals surface area contributed by atoms with Crippen LogP contribution in [0, 0.1) is 5.92 Å². The second-order valence-electron chi connectivity index (χ2n) is 7.08. The molecule has 0 heterocycles. The van der Waals surface area contributed by atoms with Crippen molar-refractivity contribution in [3.63, 3.8) is 0 Å². The minimum absolute atomic E-state index is 0.120. The topological polar surface area (TPSA) is 18.5 Å². The van der Waals surface area contributed by atoms with Crippen LogP contribution in [0.5, 0.6) is 5.75 Å². The molecule has 0 saturated carbocycles. The van der Waals surface area contributed by atoms with Gasteiger partial charge in [-0.25, -0.2) is 0 Å². The lowest BCUT2D eigenvalue weighted by atomic mass is 10.0. The fraction of sp³-hybridized carbons (Fsp3) is 0.700. The molecule has 0 N–H and O–H groups in total. The van der Waals surface area contributed by atoms with Gasteiger partial charge in [-0.1, -0.05) is 33.8 Å². The van der Waals surface area contributed by atoms with Gasteiger partial charge >= 0.3 is 0 Å². The van der Waals surface area contributed by atoms with Crippen molar-refractivity contribution in [3.05, 3.63) is 29.3 Å². The summed E-state index contributed by atoms with van der Waals surface area (Å²) in [6, 6.07) is 6.59. The molecule has 0 spiro atoms. The summed E-state index contributed by atoms with van der Waals surface area (Å²) in [6.07, 6.45) is 4.12. The summed E-state index contributed by atoms with van der Waals surface area (Å²) in [5.41, 5.74) is 2.58. The SMILES string of the molecule is CCc1cc(CC)cc(OCCC(C)(C)OCCC(C)C)c1. The molecule has 0 fully saturated rings. The van der Waals surface area contributed by atoms with E-state index in [4.69, 9.17) is 9.47 Å². The van der Waals surface area contributed by atoms with E-state index in [9.17, 15) is 0 Å². The standard InChI is InChI=1S/C20H34O2/c1-7-17-13-18(8-2)15-19(14-17)21-12-10-20(5,6)22-11-9-16(3)4/h13-16H,7-12H2,1-6H3. The molecule has 0 atom stereocenters. The first-order chi connectivity index (χ1) is 10.4. The van der Waals surface area contributed by atoms with E-state index >= 15 is 0 Å². The van der Waals surface area contributed by atoms with E-state index in [0.29, 0.717) is 12.5 Å². The first-order valence-corrected chi connectivity index (χ1v) is 8.76. The lowest BCUT2D eigenvalue weighted by molar-refractivity contribution is -0.0346. The summed E-state index contributed by atoms with van der Waals surface area (Å²) in [5, 5.41) is 0. The predicted molar refractivity (Wildman–Crippen MR) is 94.8 cm³/mol. The minimum Gasteiger partial charge on any atom is -0.493 e. The third-order valence-electron chi connectivity index (χ3n) is 4.00. The minimum atomic E-state index is -0.120. The molecule has 0 aromatic heterocycles. The van der Waals surface area contributed by atoms with Crippen LogP contribution in [0.3, 0.4) is 0 Å². The van der Waals surface area contributed by atoms with Crippen molar-refractivity contribution in [1.82, 2.24) is 0 Å². The van der Waals surface area contributed by atoms with Crippen LogP contribution in [0.1, 0.15) is 65.5 Å². The van der Waals surface area contributed by atoms with Crippen molar-refractivity contribution in [1.29, 1.82) is 0 Å². The number of ether oxygens (including phenoxy) is 2. The van der Waals surface area contributed by atoms with E-state index in [-0.39, 0.29) is 5.60 Å². The van der Waals surface area contributed by atoms with Gasteiger partial charge in [0.2, 0.25) is 0 Å². The van der Waals surface area contributed by atoms with Gasteiger partial charge in [-0.05, 0) is 62.3 Å². The van der Waals surface area contributed by atoms with E-state index in [1.807, 2.05) is 0 Å². The van der Waals surface area contributed by atoms with Crippen LogP contribution in [0.15, 0.2) is 18.2 Å². The highest BCUT2D eigenvalue weighted by Crippen LogP contribution is 2.21. The molecule has 0 aliphatic rings. The monoisotopic (exact) mass is 306 g/mol. The molecule has 0 aliphatic carbocycles. The normalized spacial score (nSPS) is 12.0. The van der Waals surface area contributed by atoms with E-state index in [1.165, 1.54) is 11.1 Å². The van der Waals surface area contributed by atoms with Gasteiger partial charge in [0.25, 0.3) is 0 Å². The van der Waals surface area contributed by atoms with Crippen molar-refractivity contribution in [3.8, 4) is 5.75 Å². The van der Waals surface area contributed by atoms with Gasteiger partial charge in [-0.15, -0.1) is 0 Å². The maximum atomic E-state index is 5.99. The van der Waals surface area contributed by atoms with Crippen LogP contribution >= 0.6 is 0 Å². The van der Waals surface area contributed by atoms with Gasteiger partial charge in [0, 0.05) is 13.0 Å². The Morgan fingerprint density at radius 1 is 0.955 bits per heavy atom. The molecule has 2 nitrogen and oxygen atoms in total. The molecule has 0 aliphatic heterocycles. The molecule has 2 heteroatoms. The maximum absolute atomic E-state index is 5.99. The zero-order valence-electron chi connectivity index (χ0n) is 15.4. The Morgan fingerprint density at radius 2 is 1.55 bits per heavy atom. The van der Waals surface area contributed by atoms with Crippen molar-refractivity contribution >= 4 is 0 Å². The zero-order valence-corrected chi connectivity index (χ0v) is 15.4. The van der Waals surface area contributed by atoms with Crippen molar-refractivity contribution in [2.24, 2.45) is 5.92 Å². The third kappa shape index (κ3) is 7.31. The highest BCUT2D eigenvalue weighted by atomic mass is 16.5. The molecule has 0 unspecified atom stereocenters. The first-order valence-electron chi connectivity index (χ1n) is 8.76. The molecule has 1 aromatic rings. The quantitative estimate of drug-likeness (QED) is 0.574. The van der Waals surface area contributed by atoms with Gasteiger partial charge < -0.3 is 9.47 Å². The Labute approximate surface area is 137 Å². The average Bonchev–Trinajstić information content (AvgIpc) is 2.45. The van der Waals surface area contributed by atoms with Crippen molar-refractivity contribution < 1.29 is 9.47 Å². The van der Waals surface area contributed by atoms with Crippen LogP contribution in [0.25, 0.3) is 0 Å². The fourth-order valence-electron chi connectivity index (χ4n) is 2.28. The largest absolute Gasteiger partial charge is 0.493 e. The Hall–Kier alpha value is -1.02. The van der Waals surface area contributed by atoms with Crippen molar-refractivity contribution in [2.45, 2.75) is 72.8 Å². The molecule has 1 rings (SSSR count). The van der Waals surface area contributed by atoms with E-state index in [2.05, 4.69) is 59.7 Å². The lowest BCUT2D eigenvalue weighted by Gasteiger charge is -2.26. The Morgan fingerprint density at radius 3 is 2.05 bits per heavy atom. The van der Waals surface area contributed by atoms with Gasteiger partial charge in [-0.3, -0.25) is 0 Å². The third-order valence-corrected chi connectivity index (χ3v) is 4.00. The zero-order chi connectivity index (χ0) is 16.6. The second kappa shape index (κ2) is 9.19. The van der Waals surface area contributed by atoms with Gasteiger partial charge in [-0.2, -0.15) is 0 Å². The lowest BCUT2D eigenvalue weighted by Crippen LogP contribution is -2.27. The van der Waals surface area contributed by atoms with Crippen LogP contribution in [0.4, 0.5) is 0 Å². The molecular weight excluding hydrogens is 272 g/mol. The van der Waals surface area contributed by atoms with Crippen LogP contribution in [0.2, 0.25) is 0 Å². The summed E-state index contributed by atoms with van der Waals surface area (Å²) >= 11 is 0. The summed E-state index contributed by atoms with van der Waals surface area (Å²) < 4.78 is 12.0. The van der Waals surface area contributed by atoms with E-state index in [0.717, 1.165) is 38.0 Å². The number of aryl methyl sites for hydroxylation is 2. The summed E-state index contributed by atoms with van der Waals surface area (Å²) in [4.78, 5) is 0. The summed E-state index contributed by atoms with van der Waals surface area (Å²) in [7, 11) is 0. The summed E-state index contributed by atoms with van der Waals surface area (Å²) in [6.45, 7) is 14.7. The first kappa shape index (κ1) is 19.0. The van der Waals surface area contributed by atoms with Gasteiger partial charge in [0.1, 0.15) is 5.75 Å². The number of hydrogen-bond donors (Lipinski definition) is 0. The second-order valence-corrected chi connectivity index (χ2v) is 7.08.